The Kier molecular flexibility index (Phi) is 6.25. The molecule has 2 atom stereocenters. The van der Waals surface area contributed by atoms with Crippen LogP contribution in [0.5, 0.6) is 5.75 Å². The molecule has 0 saturated carbocycles. The van der Waals surface area contributed by atoms with Crippen LogP contribution in [-0.4, -0.2) is 44.9 Å². The minimum Gasteiger partial charge on any atom is -0.508 e. The van der Waals surface area contributed by atoms with Crippen LogP contribution in [0.2, 0.25) is 0 Å². The van der Waals surface area contributed by atoms with Crippen LogP contribution < -0.4 is 5.32 Å². The van der Waals surface area contributed by atoms with E-state index in [0.29, 0.717) is 6.61 Å². The van der Waals surface area contributed by atoms with Crippen LogP contribution in [0.1, 0.15) is 41.1 Å². The highest BCUT2D eigenvalue weighted by Crippen LogP contribution is 2.41. The second-order valence-electron chi connectivity index (χ2n) is 7.84. The number of benzene rings is 1. The summed E-state index contributed by atoms with van der Waals surface area (Å²) in [6.45, 7) is 5.73. The number of ether oxygens (including phenoxy) is 1. The normalized spacial score (nSPS) is 18.4. The van der Waals surface area contributed by atoms with Gasteiger partial charge in [0.1, 0.15) is 5.75 Å². The summed E-state index contributed by atoms with van der Waals surface area (Å²) in [5.74, 6) is 0.260. The van der Waals surface area contributed by atoms with Gasteiger partial charge < -0.3 is 24.6 Å². The van der Waals surface area contributed by atoms with Gasteiger partial charge in [-0.1, -0.05) is 6.07 Å². The molecule has 162 valence electrons. The van der Waals surface area contributed by atoms with Crippen LogP contribution in [0.25, 0.3) is 5.69 Å². The van der Waals surface area contributed by atoms with Crippen LogP contribution in [0, 0.1) is 13.8 Å². The molecule has 2 N–H and O–H groups in total. The highest BCUT2D eigenvalue weighted by molar-refractivity contribution is 7.80. The molecule has 0 radical (unpaired) electrons. The lowest BCUT2D eigenvalue weighted by atomic mass is 9.96. The fourth-order valence-corrected chi connectivity index (χ4v) is 4.78. The lowest BCUT2D eigenvalue weighted by Gasteiger charge is -2.28. The van der Waals surface area contributed by atoms with Gasteiger partial charge >= 0.3 is 0 Å². The first-order valence-corrected chi connectivity index (χ1v) is 10.9. The molecule has 2 aromatic heterocycles. The molecule has 0 amide bonds. The first-order valence-electron chi connectivity index (χ1n) is 10.5. The fourth-order valence-electron chi connectivity index (χ4n) is 4.45. The van der Waals surface area contributed by atoms with Gasteiger partial charge in [-0.2, -0.15) is 0 Å². The molecule has 3 aromatic rings. The van der Waals surface area contributed by atoms with Gasteiger partial charge in [0.25, 0.3) is 0 Å². The van der Waals surface area contributed by atoms with E-state index < -0.39 is 0 Å². The van der Waals surface area contributed by atoms with Crippen molar-refractivity contribution in [3.05, 3.63) is 77.4 Å². The van der Waals surface area contributed by atoms with Crippen LogP contribution in [0.4, 0.5) is 0 Å². The summed E-state index contributed by atoms with van der Waals surface area (Å²) >= 11 is 5.75. The molecule has 3 heterocycles. The molecule has 6 nitrogen and oxygen atoms in total. The lowest BCUT2D eigenvalue weighted by molar-refractivity contribution is 0.180. The summed E-state index contributed by atoms with van der Waals surface area (Å²) in [7, 11) is 1.72. The second-order valence-corrected chi connectivity index (χ2v) is 8.23. The minimum atomic E-state index is -0.0370. The van der Waals surface area contributed by atoms with Gasteiger partial charge in [-0.15, -0.1) is 0 Å². The van der Waals surface area contributed by atoms with Crippen molar-refractivity contribution in [2.24, 2.45) is 0 Å². The van der Waals surface area contributed by atoms with E-state index in [9.17, 15) is 5.11 Å². The summed E-state index contributed by atoms with van der Waals surface area (Å²) in [6, 6.07) is 15.5. The maximum Gasteiger partial charge on any atom is 0.170 e. The number of nitrogens with zero attached hydrogens (tertiary/aromatic N) is 3. The van der Waals surface area contributed by atoms with E-state index in [2.05, 4.69) is 39.7 Å². The summed E-state index contributed by atoms with van der Waals surface area (Å²) in [5, 5.41) is 13.9. The third kappa shape index (κ3) is 4.16. The third-order valence-electron chi connectivity index (χ3n) is 5.84. The molecule has 0 spiro atoms. The number of aromatic hydroxyl groups is 1. The summed E-state index contributed by atoms with van der Waals surface area (Å²) in [4.78, 5) is 6.88. The number of methoxy groups -OCH3 is 1. The van der Waals surface area contributed by atoms with E-state index in [0.717, 1.165) is 40.8 Å². The van der Waals surface area contributed by atoms with Gasteiger partial charge in [-0.3, -0.25) is 4.98 Å². The molecule has 4 rings (SSSR count). The molecule has 1 fully saturated rings. The lowest BCUT2D eigenvalue weighted by Crippen LogP contribution is -2.31. The van der Waals surface area contributed by atoms with Crippen LogP contribution in [-0.2, 0) is 4.74 Å². The van der Waals surface area contributed by atoms with Gasteiger partial charge in [-0.25, -0.2) is 0 Å². The van der Waals surface area contributed by atoms with Crippen molar-refractivity contribution >= 4 is 17.3 Å². The zero-order valence-corrected chi connectivity index (χ0v) is 18.9. The highest BCUT2D eigenvalue weighted by atomic mass is 32.1. The number of hydrogen-bond acceptors (Lipinski definition) is 4. The van der Waals surface area contributed by atoms with Crippen LogP contribution in [0.3, 0.4) is 0 Å². The van der Waals surface area contributed by atoms with Crippen molar-refractivity contribution in [2.45, 2.75) is 32.4 Å². The van der Waals surface area contributed by atoms with Gasteiger partial charge in [0.15, 0.2) is 5.11 Å². The third-order valence-corrected chi connectivity index (χ3v) is 6.19. The van der Waals surface area contributed by atoms with Gasteiger partial charge in [-0.05, 0) is 80.5 Å². The molecule has 0 bridgehead atoms. The molecular weight excluding hydrogens is 408 g/mol. The van der Waals surface area contributed by atoms with E-state index in [1.54, 1.807) is 19.2 Å². The SMILES string of the molecule is COCCCN1C(=S)N[C@H](c2ccccn2)[C@@H]1c1cc(C)n(-c2ccc(O)cc2)c1C. The maximum atomic E-state index is 9.69. The Morgan fingerprint density at radius 3 is 2.61 bits per heavy atom. The molecule has 0 unspecified atom stereocenters. The van der Waals surface area contributed by atoms with E-state index in [4.69, 9.17) is 17.0 Å². The molecule has 1 aliphatic rings. The second kappa shape index (κ2) is 9.08. The van der Waals surface area contributed by atoms with Crippen LogP contribution >= 0.6 is 12.2 Å². The Labute approximate surface area is 188 Å². The maximum absolute atomic E-state index is 9.69. The first kappa shape index (κ1) is 21.3. The highest BCUT2D eigenvalue weighted by Gasteiger charge is 2.41. The van der Waals surface area contributed by atoms with Gasteiger partial charge in [0, 0.05) is 43.5 Å². The average molecular weight is 437 g/mol. The summed E-state index contributed by atoms with van der Waals surface area (Å²) < 4.78 is 7.50. The standard InChI is InChI=1S/C24H28N4O2S/c1-16-15-20(17(2)28(16)18-8-10-19(29)11-9-18)23-22(21-7-4-5-12-25-21)26-24(31)27(23)13-6-14-30-3/h4-5,7-12,15,22-23,29H,6,13-14H2,1-3H3,(H,26,31)/t22-,23+/m1/s1. The zero-order valence-electron chi connectivity index (χ0n) is 18.1. The van der Waals surface area contributed by atoms with Crippen molar-refractivity contribution in [2.75, 3.05) is 20.3 Å². The smallest absolute Gasteiger partial charge is 0.170 e. The van der Waals surface area contributed by atoms with Crippen molar-refractivity contribution in [3.8, 4) is 11.4 Å². The van der Waals surface area contributed by atoms with Crippen molar-refractivity contribution < 1.29 is 9.84 Å². The summed E-state index contributed by atoms with van der Waals surface area (Å²) in [6.07, 6.45) is 2.71. The summed E-state index contributed by atoms with van der Waals surface area (Å²) in [5.41, 5.74) is 5.49. The largest absolute Gasteiger partial charge is 0.508 e. The molecule has 31 heavy (non-hydrogen) atoms. The van der Waals surface area contributed by atoms with E-state index in [1.807, 2.05) is 36.5 Å². The Hall–Kier alpha value is -2.90. The number of aryl methyl sites for hydroxylation is 1. The topological polar surface area (TPSA) is 62.5 Å². The molecule has 1 aliphatic heterocycles. The number of pyridine rings is 1. The average Bonchev–Trinajstić information content (AvgIpc) is 3.25. The Bertz CT molecular complexity index is 1050. The molecular formula is C24H28N4O2S. The zero-order chi connectivity index (χ0) is 22.0. The van der Waals surface area contributed by atoms with E-state index in [1.165, 1.54) is 5.56 Å². The number of thiocarbonyl (C=S) groups is 1. The molecule has 1 saturated heterocycles. The van der Waals surface area contributed by atoms with Gasteiger partial charge in [0.05, 0.1) is 17.8 Å². The van der Waals surface area contributed by atoms with Crippen molar-refractivity contribution in [1.29, 1.82) is 0 Å². The first-order chi connectivity index (χ1) is 15.0. The Morgan fingerprint density at radius 2 is 1.94 bits per heavy atom. The van der Waals surface area contributed by atoms with Crippen LogP contribution in [0.15, 0.2) is 54.7 Å². The number of phenolic OH excluding ortho intramolecular Hbond substituents is 1. The van der Waals surface area contributed by atoms with Crippen molar-refractivity contribution in [3.63, 3.8) is 0 Å². The Morgan fingerprint density at radius 1 is 1.16 bits per heavy atom. The predicted molar refractivity (Wildman–Crippen MR) is 126 cm³/mol. The Balaban J connectivity index is 1.78. The number of nitrogens with one attached hydrogen (secondary N) is 1. The van der Waals surface area contributed by atoms with E-state index in [-0.39, 0.29) is 17.8 Å². The van der Waals surface area contributed by atoms with Gasteiger partial charge in [0.2, 0.25) is 0 Å². The number of phenols is 1. The monoisotopic (exact) mass is 436 g/mol. The predicted octanol–water partition coefficient (Wildman–Crippen LogP) is 4.20. The fraction of sp³-hybridized carbons (Fsp3) is 0.333. The minimum absolute atomic E-state index is 0.0244. The molecule has 7 heteroatoms. The van der Waals surface area contributed by atoms with E-state index >= 15 is 0 Å². The molecule has 1 aromatic carbocycles. The number of rotatable bonds is 7. The number of aromatic nitrogens is 2. The van der Waals surface area contributed by atoms with Crippen molar-refractivity contribution in [1.82, 2.24) is 19.8 Å². The molecule has 0 aliphatic carbocycles. The quantitative estimate of drug-likeness (QED) is 0.428. The number of hydrogen-bond donors (Lipinski definition) is 2.